The van der Waals surface area contributed by atoms with Gasteiger partial charge in [0.1, 0.15) is 6.04 Å². The van der Waals surface area contributed by atoms with E-state index in [0.717, 1.165) is 0 Å². The average Bonchev–Trinajstić information content (AvgIpc) is 2.60. The Labute approximate surface area is 93.7 Å². The van der Waals surface area contributed by atoms with Crippen LogP contribution >= 0.6 is 0 Å². The Morgan fingerprint density at radius 3 is 2.69 bits per heavy atom. The number of ether oxygens (including phenoxy) is 1. The van der Waals surface area contributed by atoms with Crippen molar-refractivity contribution in [2.45, 2.75) is 25.8 Å². The Morgan fingerprint density at radius 1 is 1.62 bits per heavy atom. The maximum Gasteiger partial charge on any atom is 0.310 e. The van der Waals surface area contributed by atoms with E-state index in [1.165, 1.54) is 12.0 Å². The van der Waals surface area contributed by atoms with Crippen molar-refractivity contribution in [2.24, 2.45) is 11.7 Å². The van der Waals surface area contributed by atoms with Crippen LogP contribution in [0.4, 0.5) is 0 Å². The number of likely N-dealkylation sites (tertiary alicyclic amines) is 1. The predicted molar refractivity (Wildman–Crippen MR) is 55.1 cm³/mol. The van der Waals surface area contributed by atoms with Crippen LogP contribution in [0.1, 0.15) is 19.8 Å². The summed E-state index contributed by atoms with van der Waals surface area (Å²) in [5, 5.41) is 0. The molecule has 0 saturated carbocycles. The van der Waals surface area contributed by atoms with Gasteiger partial charge in [-0.1, -0.05) is 6.92 Å². The second-order valence-electron chi connectivity index (χ2n) is 3.80. The topological polar surface area (TPSA) is 89.7 Å². The molecule has 1 rings (SSSR count). The van der Waals surface area contributed by atoms with Crippen molar-refractivity contribution in [3.63, 3.8) is 0 Å². The third-order valence-corrected chi connectivity index (χ3v) is 2.78. The lowest BCUT2D eigenvalue weighted by Gasteiger charge is -2.24. The molecule has 0 aromatic rings. The number of rotatable bonds is 4. The first kappa shape index (κ1) is 12.5. The summed E-state index contributed by atoms with van der Waals surface area (Å²) in [6, 6.07) is -0.623. The minimum Gasteiger partial charge on any atom is -0.469 e. The molecule has 0 aliphatic carbocycles. The predicted octanol–water partition coefficient (Wildman–Crippen LogP) is -0.728. The van der Waals surface area contributed by atoms with Crippen LogP contribution in [0.15, 0.2) is 0 Å². The molecular weight excluding hydrogens is 212 g/mol. The summed E-state index contributed by atoms with van der Waals surface area (Å²) in [6.45, 7) is 1.99. The van der Waals surface area contributed by atoms with E-state index < -0.39 is 23.8 Å². The number of esters is 1. The molecule has 2 N–H and O–H groups in total. The molecule has 16 heavy (non-hydrogen) atoms. The number of methoxy groups -OCH3 is 1. The van der Waals surface area contributed by atoms with Gasteiger partial charge in [-0.3, -0.25) is 14.4 Å². The number of hydrogen-bond acceptors (Lipinski definition) is 4. The molecule has 0 aromatic heterocycles. The molecule has 0 spiro atoms. The van der Waals surface area contributed by atoms with Crippen molar-refractivity contribution < 1.29 is 19.1 Å². The minimum atomic E-state index is -0.623. The van der Waals surface area contributed by atoms with Crippen LogP contribution in [0.5, 0.6) is 0 Å². The zero-order valence-electron chi connectivity index (χ0n) is 9.43. The van der Waals surface area contributed by atoms with Gasteiger partial charge in [-0.2, -0.15) is 0 Å². The monoisotopic (exact) mass is 228 g/mol. The second kappa shape index (κ2) is 4.96. The molecule has 1 aliphatic rings. The van der Waals surface area contributed by atoms with Crippen molar-refractivity contribution >= 4 is 17.8 Å². The molecule has 0 bridgehead atoms. The molecule has 1 heterocycles. The Morgan fingerprint density at radius 2 is 2.25 bits per heavy atom. The van der Waals surface area contributed by atoms with Crippen LogP contribution in [-0.4, -0.2) is 42.4 Å². The van der Waals surface area contributed by atoms with Crippen molar-refractivity contribution in [1.29, 1.82) is 0 Å². The first-order valence-electron chi connectivity index (χ1n) is 5.17. The smallest absolute Gasteiger partial charge is 0.310 e. The van der Waals surface area contributed by atoms with Gasteiger partial charge in [0.2, 0.25) is 11.8 Å². The molecule has 6 nitrogen and oxygen atoms in total. The number of hydrogen-bond donors (Lipinski definition) is 1. The number of amides is 2. The lowest BCUT2D eigenvalue weighted by molar-refractivity contribution is -0.145. The first-order valence-corrected chi connectivity index (χ1v) is 5.17. The molecule has 1 fully saturated rings. The summed E-state index contributed by atoms with van der Waals surface area (Å²) in [5.41, 5.74) is 5.19. The van der Waals surface area contributed by atoms with Gasteiger partial charge in [0, 0.05) is 13.0 Å². The van der Waals surface area contributed by atoms with E-state index >= 15 is 0 Å². The summed E-state index contributed by atoms with van der Waals surface area (Å²) < 4.78 is 4.57. The highest BCUT2D eigenvalue weighted by atomic mass is 16.5. The molecule has 0 aromatic carbocycles. The average molecular weight is 228 g/mol. The van der Waals surface area contributed by atoms with Gasteiger partial charge >= 0.3 is 5.97 Å². The number of carbonyl (C=O) groups excluding carboxylic acids is 3. The second-order valence-corrected chi connectivity index (χ2v) is 3.80. The molecular formula is C10H16N2O4. The fourth-order valence-corrected chi connectivity index (χ4v) is 1.93. The van der Waals surface area contributed by atoms with E-state index in [-0.39, 0.29) is 18.9 Å². The zero-order chi connectivity index (χ0) is 12.3. The lowest BCUT2D eigenvalue weighted by atomic mass is 10.1. The van der Waals surface area contributed by atoms with Gasteiger partial charge in [-0.15, -0.1) is 0 Å². The summed E-state index contributed by atoms with van der Waals surface area (Å²) in [7, 11) is 1.28. The van der Waals surface area contributed by atoms with E-state index in [0.29, 0.717) is 6.42 Å². The summed E-state index contributed by atoms with van der Waals surface area (Å²) >= 11 is 0. The highest BCUT2D eigenvalue weighted by molar-refractivity contribution is 5.91. The van der Waals surface area contributed by atoms with E-state index in [2.05, 4.69) is 4.74 Å². The summed E-state index contributed by atoms with van der Waals surface area (Å²) in [5.74, 6) is -1.66. The molecule has 0 radical (unpaired) electrons. The Balaban J connectivity index is 2.74. The molecule has 2 unspecified atom stereocenters. The number of primary amides is 1. The largest absolute Gasteiger partial charge is 0.469 e. The van der Waals surface area contributed by atoms with Crippen molar-refractivity contribution in [3.8, 4) is 0 Å². The number of nitrogens with two attached hydrogens (primary N) is 1. The van der Waals surface area contributed by atoms with Crippen LogP contribution in [0, 0.1) is 5.92 Å². The number of carbonyl (C=O) groups is 3. The van der Waals surface area contributed by atoms with Crippen LogP contribution in [0.2, 0.25) is 0 Å². The highest BCUT2D eigenvalue weighted by Crippen LogP contribution is 2.22. The van der Waals surface area contributed by atoms with Crippen LogP contribution in [0.3, 0.4) is 0 Å². The molecule has 1 saturated heterocycles. The Kier molecular flexibility index (Phi) is 3.87. The van der Waals surface area contributed by atoms with E-state index in [4.69, 9.17) is 5.73 Å². The fraction of sp³-hybridized carbons (Fsp3) is 0.700. The quantitative estimate of drug-likeness (QED) is 0.642. The zero-order valence-corrected chi connectivity index (χ0v) is 9.43. The standard InChI is InChI=1S/C10H16N2O4/c1-3-7(9(11)14)12-5-6(4-8(12)13)10(15)16-2/h6-7H,3-5H2,1-2H3,(H2,11,14). The van der Waals surface area contributed by atoms with Crippen LogP contribution in [-0.2, 0) is 19.1 Å². The minimum absolute atomic E-state index is 0.0937. The maximum atomic E-state index is 11.6. The van der Waals surface area contributed by atoms with E-state index in [9.17, 15) is 14.4 Å². The van der Waals surface area contributed by atoms with Gasteiger partial charge < -0.3 is 15.4 Å². The fourth-order valence-electron chi connectivity index (χ4n) is 1.93. The molecule has 1 aliphatic heterocycles. The van der Waals surface area contributed by atoms with Gasteiger partial charge in [0.25, 0.3) is 0 Å². The van der Waals surface area contributed by atoms with Gasteiger partial charge in [0.05, 0.1) is 13.0 Å². The Bertz CT molecular complexity index is 316. The van der Waals surface area contributed by atoms with E-state index in [1.807, 2.05) is 0 Å². The SMILES string of the molecule is CCC(C(N)=O)N1CC(C(=O)OC)CC1=O. The third-order valence-electron chi connectivity index (χ3n) is 2.78. The highest BCUT2D eigenvalue weighted by Gasteiger charge is 2.39. The lowest BCUT2D eigenvalue weighted by Crippen LogP contribution is -2.45. The molecule has 2 amide bonds. The van der Waals surface area contributed by atoms with Crippen molar-refractivity contribution in [3.05, 3.63) is 0 Å². The first-order chi connectivity index (χ1) is 7.51. The molecule has 90 valence electrons. The van der Waals surface area contributed by atoms with Gasteiger partial charge in [-0.25, -0.2) is 0 Å². The van der Waals surface area contributed by atoms with E-state index in [1.54, 1.807) is 6.92 Å². The Hall–Kier alpha value is -1.59. The third kappa shape index (κ3) is 2.32. The van der Waals surface area contributed by atoms with Crippen LogP contribution in [0.25, 0.3) is 0 Å². The van der Waals surface area contributed by atoms with Gasteiger partial charge in [-0.05, 0) is 6.42 Å². The van der Waals surface area contributed by atoms with Gasteiger partial charge in [0.15, 0.2) is 0 Å². The molecule has 6 heteroatoms. The van der Waals surface area contributed by atoms with Crippen molar-refractivity contribution in [1.82, 2.24) is 4.90 Å². The number of nitrogens with zero attached hydrogens (tertiary/aromatic N) is 1. The van der Waals surface area contributed by atoms with Crippen molar-refractivity contribution in [2.75, 3.05) is 13.7 Å². The molecule has 2 atom stereocenters. The van der Waals surface area contributed by atoms with Crippen LogP contribution < -0.4 is 5.73 Å². The maximum absolute atomic E-state index is 11.6. The summed E-state index contributed by atoms with van der Waals surface area (Å²) in [4.78, 5) is 35.4. The summed E-state index contributed by atoms with van der Waals surface area (Å²) in [6.07, 6.45) is 0.547. The normalized spacial score (nSPS) is 22.0.